The summed E-state index contributed by atoms with van der Waals surface area (Å²) in [6.45, 7) is 9.38. The van der Waals surface area contributed by atoms with Crippen LogP contribution in [0.3, 0.4) is 0 Å². The molecule has 4 nitrogen and oxygen atoms in total. The first kappa shape index (κ1) is 49.9. The van der Waals surface area contributed by atoms with Crippen LogP contribution in [0, 0.1) is 0 Å². The molecule has 0 unspecified atom stereocenters. The van der Waals surface area contributed by atoms with E-state index in [1.807, 2.05) is 37.2 Å². The van der Waals surface area contributed by atoms with Gasteiger partial charge in [-0.15, -0.1) is 0 Å². The van der Waals surface area contributed by atoms with Crippen LogP contribution < -0.4 is 0 Å². The van der Waals surface area contributed by atoms with Gasteiger partial charge in [0.05, 0.1) is 11.0 Å². The Bertz CT molecular complexity index is 5100. The maximum atomic E-state index is 5.10. The van der Waals surface area contributed by atoms with Crippen molar-refractivity contribution < 1.29 is 0 Å². The van der Waals surface area contributed by atoms with Gasteiger partial charge in [-0.25, -0.2) is 0 Å². The van der Waals surface area contributed by atoms with Crippen LogP contribution in [0.1, 0.15) is 49.9 Å². The van der Waals surface area contributed by atoms with Gasteiger partial charge in [0, 0.05) is 91.8 Å². The lowest BCUT2D eigenvalue weighted by atomic mass is 9.80. The highest BCUT2D eigenvalue weighted by molar-refractivity contribution is 6.28. The molecule has 0 radical (unpaired) electrons. The number of benzene rings is 12. The predicted octanol–water partition coefficient (Wildman–Crippen LogP) is 21.5. The van der Waals surface area contributed by atoms with Crippen LogP contribution in [0.25, 0.3) is 153 Å². The van der Waals surface area contributed by atoms with Crippen LogP contribution in [0.5, 0.6) is 0 Å². The van der Waals surface area contributed by atoms with Crippen LogP contribution in [0.2, 0.25) is 0 Å². The van der Waals surface area contributed by atoms with Gasteiger partial charge in [-0.05, 0) is 169 Å². The molecule has 2 aliphatic rings. The molecule has 4 heterocycles. The van der Waals surface area contributed by atoms with Crippen molar-refractivity contribution in [2.24, 2.45) is 0 Å². The summed E-state index contributed by atoms with van der Waals surface area (Å²) in [5, 5.41) is 16.8. The molecule has 16 aromatic rings. The minimum absolute atomic E-state index is 0.0707. The van der Waals surface area contributed by atoms with E-state index in [1.54, 1.807) is 0 Å². The van der Waals surface area contributed by atoms with Crippen molar-refractivity contribution in [3.8, 4) is 66.8 Å². The fourth-order valence-electron chi connectivity index (χ4n) is 15.2. The highest BCUT2D eigenvalue weighted by Crippen LogP contribution is 2.54. The van der Waals surface area contributed by atoms with Gasteiger partial charge in [0.2, 0.25) is 0 Å². The molecule has 2 aliphatic carbocycles. The van der Waals surface area contributed by atoms with E-state index in [0.29, 0.717) is 0 Å². The lowest BCUT2D eigenvalue weighted by Gasteiger charge is -2.23. The Morgan fingerprint density at radius 2 is 0.640 bits per heavy atom. The van der Waals surface area contributed by atoms with E-state index in [0.717, 1.165) is 43.5 Å². The molecule has 0 bridgehead atoms. The molecular formula is C82H56N4. The molecule has 0 atom stereocenters. The third-order valence-electron chi connectivity index (χ3n) is 19.2. The lowest BCUT2D eigenvalue weighted by molar-refractivity contribution is 0.660. The van der Waals surface area contributed by atoms with Gasteiger partial charge in [0.1, 0.15) is 0 Å². The molecule has 18 rings (SSSR count). The first-order valence-electron chi connectivity index (χ1n) is 29.8. The largest absolute Gasteiger partial charge is 0.264 e. The molecule has 4 aromatic heterocycles. The zero-order valence-corrected chi connectivity index (χ0v) is 48.2. The van der Waals surface area contributed by atoms with Crippen LogP contribution in [-0.4, -0.2) is 19.9 Å². The monoisotopic (exact) mass is 1100 g/mol. The summed E-state index contributed by atoms with van der Waals surface area (Å²) in [5.41, 5.74) is 22.2. The lowest BCUT2D eigenvalue weighted by Crippen LogP contribution is -2.15. The van der Waals surface area contributed by atoms with Gasteiger partial charge in [-0.1, -0.05) is 210 Å². The Kier molecular flexibility index (Phi) is 11.0. The first-order valence-corrected chi connectivity index (χ1v) is 29.8. The number of fused-ring (bicyclic) bond motifs is 16. The Labute approximate surface area is 498 Å². The summed E-state index contributed by atoms with van der Waals surface area (Å²) in [5.74, 6) is 0. The normalized spacial score (nSPS) is 13.5. The molecular weight excluding hydrogens is 1040 g/mol. The average molecular weight is 1100 g/mol. The quantitative estimate of drug-likeness (QED) is 0.130. The maximum absolute atomic E-state index is 5.10. The van der Waals surface area contributed by atoms with Crippen molar-refractivity contribution in [1.82, 2.24) is 19.9 Å². The van der Waals surface area contributed by atoms with Crippen LogP contribution in [0.15, 0.2) is 268 Å². The summed E-state index contributed by atoms with van der Waals surface area (Å²) in [6.07, 6.45) is 11.8. The van der Waals surface area contributed by atoms with Gasteiger partial charge in [-0.2, -0.15) is 0 Å². The zero-order chi connectivity index (χ0) is 57.4. The number of pyridine rings is 4. The summed E-state index contributed by atoms with van der Waals surface area (Å²) in [6, 6.07) is 84.1. The smallest absolute Gasteiger partial charge is 0.0793 e. The van der Waals surface area contributed by atoms with E-state index in [1.165, 1.54) is 132 Å². The first-order chi connectivity index (χ1) is 42.2. The maximum Gasteiger partial charge on any atom is 0.0793 e. The highest BCUT2D eigenvalue weighted by atomic mass is 14.7. The van der Waals surface area contributed by atoms with Crippen molar-refractivity contribution in [1.29, 1.82) is 0 Å². The number of hydrogen-bond donors (Lipinski definition) is 0. The highest BCUT2D eigenvalue weighted by Gasteiger charge is 2.37. The van der Waals surface area contributed by atoms with E-state index in [2.05, 4.69) is 268 Å². The Balaban J connectivity index is 0.000000135. The fraction of sp³-hybridized carbons (Fsp3) is 0.0732. The van der Waals surface area contributed by atoms with Gasteiger partial charge < -0.3 is 0 Å². The van der Waals surface area contributed by atoms with E-state index in [-0.39, 0.29) is 10.8 Å². The third kappa shape index (κ3) is 7.29. The van der Waals surface area contributed by atoms with Crippen LogP contribution in [0.4, 0.5) is 0 Å². The molecule has 0 spiro atoms. The molecule has 0 saturated carbocycles. The van der Waals surface area contributed by atoms with Gasteiger partial charge in [0.25, 0.3) is 0 Å². The number of aromatic nitrogens is 4. The van der Waals surface area contributed by atoms with Gasteiger partial charge in [-0.3, -0.25) is 19.9 Å². The van der Waals surface area contributed by atoms with E-state index >= 15 is 0 Å². The van der Waals surface area contributed by atoms with Crippen molar-refractivity contribution in [2.75, 3.05) is 0 Å². The molecule has 0 fully saturated rings. The Morgan fingerprint density at radius 1 is 0.244 bits per heavy atom. The van der Waals surface area contributed by atoms with Crippen molar-refractivity contribution in [3.05, 3.63) is 290 Å². The molecule has 0 aliphatic heterocycles. The Hall–Kier alpha value is -10.7. The minimum Gasteiger partial charge on any atom is -0.264 e. The molecule has 0 amide bonds. The average Bonchev–Trinajstić information content (AvgIpc) is 1.14. The molecule has 4 heteroatoms. The predicted molar refractivity (Wildman–Crippen MR) is 361 cm³/mol. The van der Waals surface area contributed by atoms with Gasteiger partial charge in [0.15, 0.2) is 0 Å². The third-order valence-corrected chi connectivity index (χ3v) is 19.2. The second-order valence-electron chi connectivity index (χ2n) is 24.4. The molecule has 0 N–H and O–H groups in total. The SMILES string of the molecule is CC1(C)c2ccccc2-c2ccc(-c3c4cnccc4c(-c4ccc5c(c4)C(C)(C)c4ccccc4-5)c4ncccc34)cc21.c1ccc2c(c1)cc(-c1c3cnccc3c(-c3cc4ccccc4c4ccccc34)c3ncccc13)c1ccccc12. The molecule has 0 saturated heterocycles. The standard InChI is InChI=1S/C42H32N2.C40H24N2/c1-41(2)34-13-7-5-10-27(34)29-17-15-25(22-36(29)41)38-32-12-9-20-44-40(32)39(31-19-21-43-24-33(31)38)26-16-18-30-28-11-6-8-14-35(28)42(3,4)37(30)23-26;1-3-12-27-25(10-1)22-35(31-16-7-5-14-29(27)31)38-34-18-9-20-42-40(34)39(33-19-21-41-24-37(33)38)36-23-26-11-2-4-13-28(26)30-15-6-8-17-32(30)36/h5-24H,1-4H3;1-24H. The second kappa shape index (κ2) is 18.9. The van der Waals surface area contributed by atoms with Gasteiger partial charge >= 0.3 is 0 Å². The topological polar surface area (TPSA) is 51.6 Å². The van der Waals surface area contributed by atoms with Crippen molar-refractivity contribution >= 4 is 86.4 Å². The van der Waals surface area contributed by atoms with Crippen LogP contribution >= 0.6 is 0 Å². The summed E-state index contributed by atoms with van der Waals surface area (Å²) in [7, 11) is 0. The molecule has 86 heavy (non-hydrogen) atoms. The fourth-order valence-corrected chi connectivity index (χ4v) is 15.2. The molecule has 404 valence electrons. The van der Waals surface area contributed by atoms with Crippen LogP contribution in [-0.2, 0) is 10.8 Å². The van der Waals surface area contributed by atoms with Crippen molar-refractivity contribution in [2.45, 2.75) is 38.5 Å². The zero-order valence-electron chi connectivity index (χ0n) is 48.2. The number of nitrogens with zero attached hydrogens (tertiary/aromatic N) is 4. The molecule has 12 aromatic carbocycles. The Morgan fingerprint density at radius 3 is 1.19 bits per heavy atom. The summed E-state index contributed by atoms with van der Waals surface area (Å²) in [4.78, 5) is 19.5. The van der Waals surface area contributed by atoms with E-state index in [9.17, 15) is 0 Å². The minimum atomic E-state index is -0.0722. The van der Waals surface area contributed by atoms with E-state index < -0.39 is 0 Å². The van der Waals surface area contributed by atoms with Crippen molar-refractivity contribution in [3.63, 3.8) is 0 Å². The number of rotatable bonds is 4. The second-order valence-corrected chi connectivity index (χ2v) is 24.4. The summed E-state index contributed by atoms with van der Waals surface area (Å²) >= 11 is 0. The number of hydrogen-bond acceptors (Lipinski definition) is 4. The summed E-state index contributed by atoms with van der Waals surface area (Å²) < 4.78 is 0. The van der Waals surface area contributed by atoms with E-state index in [4.69, 9.17) is 9.97 Å².